The summed E-state index contributed by atoms with van der Waals surface area (Å²) < 4.78 is 30.7. The van der Waals surface area contributed by atoms with Crippen LogP contribution in [0.5, 0.6) is 11.5 Å². The van der Waals surface area contributed by atoms with Gasteiger partial charge in [0.2, 0.25) is 5.91 Å². The Morgan fingerprint density at radius 1 is 1.03 bits per heavy atom. The molecule has 1 N–H and O–H groups in total. The Kier molecular flexibility index (Phi) is 7.62. The number of fused-ring (bicyclic) bond motifs is 1. The first-order valence-corrected chi connectivity index (χ1v) is 11.2. The van der Waals surface area contributed by atoms with E-state index in [2.05, 4.69) is 0 Å². The lowest BCUT2D eigenvalue weighted by Crippen LogP contribution is -2.42. The molecule has 1 aliphatic heterocycles. The van der Waals surface area contributed by atoms with E-state index in [0.29, 0.717) is 24.3 Å². The summed E-state index contributed by atoms with van der Waals surface area (Å²) in [7, 11) is 1.58. The maximum Gasteiger partial charge on any atom is 0.341 e. The lowest BCUT2D eigenvalue weighted by molar-refractivity contribution is -0.140. The molecular formula is C27H26FNO6. The average molecular weight is 480 g/mol. The van der Waals surface area contributed by atoms with Crippen LogP contribution >= 0.6 is 0 Å². The highest BCUT2D eigenvalue weighted by Crippen LogP contribution is 2.39. The number of benzene rings is 3. The number of methoxy groups -OCH3 is 1. The predicted molar refractivity (Wildman–Crippen MR) is 126 cm³/mol. The highest BCUT2D eigenvalue weighted by molar-refractivity contribution is 5.79. The highest BCUT2D eigenvalue weighted by atomic mass is 19.1. The molecule has 0 saturated carbocycles. The fourth-order valence-electron chi connectivity index (χ4n) is 4.28. The number of nitrogens with zero attached hydrogens (tertiary/aromatic N) is 1. The van der Waals surface area contributed by atoms with Gasteiger partial charge < -0.3 is 24.2 Å². The van der Waals surface area contributed by atoms with E-state index < -0.39 is 24.4 Å². The number of hydrogen-bond donors (Lipinski definition) is 1. The molecule has 1 amide bonds. The number of amides is 1. The van der Waals surface area contributed by atoms with Gasteiger partial charge in [0.1, 0.15) is 23.9 Å². The second-order valence-corrected chi connectivity index (χ2v) is 8.15. The van der Waals surface area contributed by atoms with Gasteiger partial charge in [0.25, 0.3) is 0 Å². The third kappa shape index (κ3) is 5.78. The summed E-state index contributed by atoms with van der Waals surface area (Å²) in [6.07, 6.45) is 0.634. The largest absolute Gasteiger partial charge is 0.497 e. The molecule has 3 aromatic rings. The molecule has 0 aromatic heterocycles. The van der Waals surface area contributed by atoms with Crippen molar-refractivity contribution in [3.8, 4) is 11.5 Å². The second-order valence-electron chi connectivity index (χ2n) is 8.15. The maximum atomic E-state index is 14.3. The van der Waals surface area contributed by atoms with Crippen LogP contribution in [-0.2, 0) is 27.4 Å². The number of hydrogen-bond acceptors (Lipinski definition) is 5. The van der Waals surface area contributed by atoms with Crippen LogP contribution in [0.1, 0.15) is 28.3 Å². The van der Waals surface area contributed by atoms with Crippen LogP contribution in [0.4, 0.5) is 4.39 Å². The van der Waals surface area contributed by atoms with Gasteiger partial charge in [0.15, 0.2) is 6.61 Å². The van der Waals surface area contributed by atoms with Gasteiger partial charge in [-0.1, -0.05) is 36.4 Å². The van der Waals surface area contributed by atoms with Crippen molar-refractivity contribution in [2.75, 3.05) is 26.9 Å². The van der Waals surface area contributed by atoms with E-state index in [9.17, 15) is 14.0 Å². The van der Waals surface area contributed by atoms with Gasteiger partial charge in [-0.2, -0.15) is 0 Å². The van der Waals surface area contributed by atoms with E-state index >= 15 is 0 Å². The fraction of sp³-hybridized carbons (Fsp3) is 0.259. The number of carboxylic acids is 1. The minimum atomic E-state index is -1.15. The molecule has 182 valence electrons. The summed E-state index contributed by atoms with van der Waals surface area (Å²) in [6.45, 7) is -0.121. The maximum absolute atomic E-state index is 14.3. The fourth-order valence-corrected chi connectivity index (χ4v) is 4.28. The molecule has 3 aromatic carbocycles. The topological polar surface area (TPSA) is 85.3 Å². The SMILES string of the molecule is COc1cccc(COCC(=O)N2CCc3ccccc3C2c2cc(F)ccc2OCC(=O)O)c1. The van der Waals surface area contributed by atoms with Crippen molar-refractivity contribution in [1.82, 2.24) is 4.90 Å². The van der Waals surface area contributed by atoms with Crippen molar-refractivity contribution in [1.29, 1.82) is 0 Å². The Bertz CT molecular complexity index is 1210. The number of carboxylic acid groups (broad SMARTS) is 1. The molecule has 4 rings (SSSR count). The molecule has 0 radical (unpaired) electrons. The monoisotopic (exact) mass is 479 g/mol. The number of carbonyl (C=O) groups is 2. The Hall–Kier alpha value is -3.91. The normalized spacial score (nSPS) is 14.8. The molecule has 1 atom stereocenters. The number of rotatable bonds is 9. The second kappa shape index (κ2) is 11.0. The number of aliphatic carboxylic acids is 1. The number of halogens is 1. The summed E-state index contributed by atoms with van der Waals surface area (Å²) >= 11 is 0. The van der Waals surface area contributed by atoms with Gasteiger partial charge >= 0.3 is 5.97 Å². The molecule has 0 spiro atoms. The van der Waals surface area contributed by atoms with Crippen molar-refractivity contribution in [3.05, 3.63) is 94.8 Å². The van der Waals surface area contributed by atoms with Gasteiger partial charge in [-0.05, 0) is 53.4 Å². The smallest absolute Gasteiger partial charge is 0.341 e. The summed E-state index contributed by atoms with van der Waals surface area (Å²) in [6, 6.07) is 18.3. The van der Waals surface area contributed by atoms with Gasteiger partial charge in [0, 0.05) is 12.1 Å². The van der Waals surface area contributed by atoms with Crippen LogP contribution in [0.3, 0.4) is 0 Å². The molecule has 0 bridgehead atoms. The molecular weight excluding hydrogens is 453 g/mol. The van der Waals surface area contributed by atoms with E-state index in [1.807, 2.05) is 48.5 Å². The zero-order valence-electron chi connectivity index (χ0n) is 19.3. The van der Waals surface area contributed by atoms with Gasteiger partial charge in [0.05, 0.1) is 19.8 Å². The molecule has 35 heavy (non-hydrogen) atoms. The van der Waals surface area contributed by atoms with Crippen LogP contribution in [-0.4, -0.2) is 48.8 Å². The van der Waals surface area contributed by atoms with Gasteiger partial charge in [-0.25, -0.2) is 9.18 Å². The first-order valence-electron chi connectivity index (χ1n) is 11.2. The minimum absolute atomic E-state index is 0.170. The quantitative estimate of drug-likeness (QED) is 0.500. The predicted octanol–water partition coefficient (Wildman–Crippen LogP) is 3.99. The van der Waals surface area contributed by atoms with Crippen LogP contribution < -0.4 is 9.47 Å². The van der Waals surface area contributed by atoms with Gasteiger partial charge in [-0.15, -0.1) is 0 Å². The highest BCUT2D eigenvalue weighted by Gasteiger charge is 2.34. The molecule has 7 nitrogen and oxygen atoms in total. The van der Waals surface area contributed by atoms with E-state index in [4.69, 9.17) is 19.3 Å². The van der Waals surface area contributed by atoms with E-state index in [-0.39, 0.29) is 24.9 Å². The molecule has 0 saturated heterocycles. The first-order chi connectivity index (χ1) is 17.0. The third-order valence-electron chi connectivity index (χ3n) is 5.85. The molecule has 8 heteroatoms. The standard InChI is InChI=1S/C27H26FNO6/c1-33-21-7-4-5-18(13-21)15-34-16-25(30)29-12-11-19-6-2-3-8-22(19)27(29)23-14-20(28)9-10-24(23)35-17-26(31)32/h2-10,13-14,27H,11-12,15-17H2,1H3,(H,31,32). The van der Waals surface area contributed by atoms with Crippen molar-refractivity contribution in [2.45, 2.75) is 19.1 Å². The van der Waals surface area contributed by atoms with Crippen molar-refractivity contribution >= 4 is 11.9 Å². The molecule has 1 aliphatic rings. The zero-order valence-corrected chi connectivity index (χ0v) is 19.3. The lowest BCUT2D eigenvalue weighted by atomic mass is 9.87. The van der Waals surface area contributed by atoms with E-state index in [0.717, 1.165) is 16.7 Å². The van der Waals surface area contributed by atoms with Crippen molar-refractivity contribution < 1.29 is 33.3 Å². The van der Waals surface area contributed by atoms with Crippen molar-refractivity contribution in [3.63, 3.8) is 0 Å². The molecule has 0 aliphatic carbocycles. The molecule has 0 fully saturated rings. The minimum Gasteiger partial charge on any atom is -0.497 e. The lowest BCUT2D eigenvalue weighted by Gasteiger charge is -2.38. The van der Waals surface area contributed by atoms with Crippen LogP contribution in [0.15, 0.2) is 66.7 Å². The third-order valence-corrected chi connectivity index (χ3v) is 5.85. The number of ether oxygens (including phenoxy) is 3. The Morgan fingerprint density at radius 3 is 2.66 bits per heavy atom. The Balaban J connectivity index is 1.60. The molecule has 1 heterocycles. The van der Waals surface area contributed by atoms with E-state index in [1.165, 1.54) is 18.2 Å². The average Bonchev–Trinajstić information content (AvgIpc) is 2.87. The Labute approximate surface area is 202 Å². The van der Waals surface area contributed by atoms with Crippen molar-refractivity contribution in [2.24, 2.45) is 0 Å². The van der Waals surface area contributed by atoms with Gasteiger partial charge in [-0.3, -0.25) is 4.79 Å². The summed E-state index contributed by atoms with van der Waals surface area (Å²) in [4.78, 5) is 26.0. The first kappa shape index (κ1) is 24.2. The van der Waals surface area contributed by atoms with Crippen LogP contribution in [0.25, 0.3) is 0 Å². The summed E-state index contributed by atoms with van der Waals surface area (Å²) in [5.74, 6) is -1.01. The summed E-state index contributed by atoms with van der Waals surface area (Å²) in [5.41, 5.74) is 3.13. The zero-order chi connectivity index (χ0) is 24.8. The number of carbonyl (C=O) groups excluding carboxylic acids is 1. The molecule has 1 unspecified atom stereocenters. The Morgan fingerprint density at radius 2 is 1.86 bits per heavy atom. The van der Waals surface area contributed by atoms with Crippen LogP contribution in [0.2, 0.25) is 0 Å². The van der Waals surface area contributed by atoms with Crippen LogP contribution in [0, 0.1) is 5.82 Å². The van der Waals surface area contributed by atoms with E-state index in [1.54, 1.807) is 12.0 Å². The summed E-state index contributed by atoms with van der Waals surface area (Å²) in [5, 5.41) is 9.06.